The molecule has 0 atom stereocenters. The first kappa shape index (κ1) is 23.1. The Hall–Kier alpha value is -0.963. The Labute approximate surface area is 155 Å². The molecule has 0 saturated heterocycles. The molecule has 26 heavy (non-hydrogen) atoms. The van der Waals surface area contributed by atoms with Gasteiger partial charge in [-0.05, 0) is 58.2 Å². The van der Waals surface area contributed by atoms with E-state index >= 15 is 0 Å². The summed E-state index contributed by atoms with van der Waals surface area (Å²) >= 11 is 0. The quantitative estimate of drug-likeness (QED) is 0.123. The first-order valence-corrected chi connectivity index (χ1v) is 9.85. The smallest absolute Gasteiger partial charge is 0.262 e. The fourth-order valence-electron chi connectivity index (χ4n) is 2.15. The zero-order valence-electron chi connectivity index (χ0n) is 15.6. The van der Waals surface area contributed by atoms with Crippen molar-refractivity contribution in [2.75, 3.05) is 0 Å². The van der Waals surface area contributed by atoms with Crippen LogP contribution in [0, 0.1) is 23.3 Å². The molecule has 0 N–H and O–H groups in total. The first-order valence-electron chi connectivity index (χ1n) is 8.73. The third-order valence-electron chi connectivity index (χ3n) is 3.35. The Morgan fingerprint density at radius 1 is 0.846 bits per heavy atom. The van der Waals surface area contributed by atoms with Crippen LogP contribution in [0.3, 0.4) is 0 Å². The monoisotopic (exact) mass is 394 g/mol. The summed E-state index contributed by atoms with van der Waals surface area (Å²) in [5.41, 5.74) is -0.143. The number of rotatable bonds is 12. The molecule has 0 heterocycles. The van der Waals surface area contributed by atoms with E-state index in [0.29, 0.717) is 6.42 Å². The van der Waals surface area contributed by atoms with E-state index in [9.17, 15) is 17.6 Å². The molecular weight excluding hydrogens is 368 g/mol. The van der Waals surface area contributed by atoms with Crippen LogP contribution in [0.25, 0.3) is 0 Å². The number of benzene rings is 1. The molecule has 0 aromatic heterocycles. The van der Waals surface area contributed by atoms with Crippen molar-refractivity contribution in [1.82, 2.24) is 0 Å². The van der Waals surface area contributed by atoms with E-state index in [1.165, 1.54) is 0 Å². The van der Waals surface area contributed by atoms with Gasteiger partial charge in [-0.2, -0.15) is 0 Å². The highest BCUT2D eigenvalue weighted by Gasteiger charge is 2.18. The normalized spacial score (nSPS) is 12.0. The molecule has 1 aromatic rings. The van der Waals surface area contributed by atoms with Gasteiger partial charge in [0, 0.05) is 0 Å². The van der Waals surface area contributed by atoms with Crippen molar-refractivity contribution in [2.45, 2.75) is 78.1 Å². The van der Waals surface area contributed by atoms with Crippen LogP contribution in [0.5, 0.6) is 0 Å². The highest BCUT2D eigenvalue weighted by molar-refractivity contribution is 6.27. The van der Waals surface area contributed by atoms with Gasteiger partial charge < -0.3 is 13.9 Å². The summed E-state index contributed by atoms with van der Waals surface area (Å²) in [5.74, 6) is -6.20. The number of unbranched alkanes of at least 4 members (excludes halogenated alkanes) is 2. The van der Waals surface area contributed by atoms with Crippen molar-refractivity contribution in [3.63, 3.8) is 0 Å². The highest BCUT2D eigenvalue weighted by atomic mass is 28.2. The van der Waals surface area contributed by atoms with Crippen LogP contribution in [-0.4, -0.2) is 28.4 Å². The van der Waals surface area contributed by atoms with E-state index in [1.807, 2.05) is 27.7 Å². The maximum atomic E-state index is 13.5. The second kappa shape index (κ2) is 11.7. The van der Waals surface area contributed by atoms with Crippen LogP contribution in [0.1, 0.15) is 52.5 Å². The number of halogens is 4. The average molecular weight is 394 g/mol. The zero-order valence-corrected chi connectivity index (χ0v) is 16.6. The van der Waals surface area contributed by atoms with Gasteiger partial charge in [0.15, 0.2) is 23.3 Å². The topological polar surface area (TPSA) is 27.7 Å². The minimum Gasteiger partial charge on any atom is -0.372 e. The second-order valence-corrected chi connectivity index (χ2v) is 7.47. The van der Waals surface area contributed by atoms with Gasteiger partial charge in [-0.25, -0.2) is 17.6 Å². The van der Waals surface area contributed by atoms with E-state index in [-0.39, 0.29) is 34.0 Å². The second-order valence-electron chi connectivity index (χ2n) is 6.44. The van der Waals surface area contributed by atoms with Crippen molar-refractivity contribution < 1.29 is 31.5 Å². The molecule has 0 amide bonds. The van der Waals surface area contributed by atoms with Gasteiger partial charge in [0.1, 0.15) is 0 Å². The van der Waals surface area contributed by atoms with Crippen LogP contribution >= 0.6 is 0 Å². The van der Waals surface area contributed by atoms with Crippen LogP contribution in [0.15, 0.2) is 6.07 Å². The molecule has 0 saturated carbocycles. The minimum absolute atomic E-state index is 0.0186. The molecule has 1 aromatic carbocycles. The molecule has 8 heteroatoms. The maximum absolute atomic E-state index is 13.5. The van der Waals surface area contributed by atoms with Crippen molar-refractivity contribution in [2.24, 2.45) is 0 Å². The predicted octanol–water partition coefficient (Wildman–Crippen LogP) is 5.14. The Kier molecular flexibility index (Phi) is 10.4. The zero-order chi connectivity index (χ0) is 19.7. The largest absolute Gasteiger partial charge is 0.372 e. The lowest BCUT2D eigenvalue weighted by atomic mass is 10.1. The summed E-state index contributed by atoms with van der Waals surface area (Å²) in [7, 11) is 0.188. The Bertz CT molecular complexity index is 546. The Balaban J connectivity index is 2.27. The number of aryl methyl sites for hydroxylation is 1. The third kappa shape index (κ3) is 8.16. The lowest BCUT2D eigenvalue weighted by Crippen LogP contribution is -2.28. The van der Waals surface area contributed by atoms with Gasteiger partial charge in [-0.3, -0.25) is 0 Å². The molecule has 0 unspecified atom stereocenters. The summed E-state index contributed by atoms with van der Waals surface area (Å²) in [6, 6.07) is 1.49. The van der Waals surface area contributed by atoms with Crippen LogP contribution in [0.4, 0.5) is 17.6 Å². The van der Waals surface area contributed by atoms with Crippen molar-refractivity contribution in [3.8, 4) is 0 Å². The molecule has 0 fully saturated rings. The van der Waals surface area contributed by atoms with Crippen LogP contribution in [0.2, 0.25) is 6.04 Å². The summed E-state index contributed by atoms with van der Waals surface area (Å²) in [5, 5.41) is 0. The predicted molar refractivity (Wildman–Crippen MR) is 91.7 cm³/mol. The number of ether oxygens (including phenoxy) is 2. The molecule has 2 radical (unpaired) electrons. The molecule has 1 rings (SSSR count). The summed E-state index contributed by atoms with van der Waals surface area (Å²) in [6.45, 7) is 6.87. The van der Waals surface area contributed by atoms with Gasteiger partial charge in [0.25, 0.3) is 6.48 Å². The van der Waals surface area contributed by atoms with E-state index in [0.717, 1.165) is 25.0 Å². The van der Waals surface area contributed by atoms with Gasteiger partial charge in [0.05, 0.1) is 12.2 Å². The Morgan fingerprint density at radius 3 is 2.04 bits per heavy atom. The number of hydrogen-bond acceptors (Lipinski definition) is 3. The SMILES string of the molecule is CC(C)OC(O[Si]CCCCCc1cc(F)c(F)c(F)c1F)OC(C)C. The third-order valence-corrected chi connectivity index (χ3v) is 4.27. The van der Waals surface area contributed by atoms with Crippen molar-refractivity contribution in [3.05, 3.63) is 34.9 Å². The molecular formula is C18H26F4O3Si. The van der Waals surface area contributed by atoms with Crippen LogP contribution < -0.4 is 0 Å². The highest BCUT2D eigenvalue weighted by Crippen LogP contribution is 2.20. The molecule has 0 spiro atoms. The minimum atomic E-state index is -1.77. The molecule has 148 valence electrons. The summed E-state index contributed by atoms with van der Waals surface area (Å²) < 4.78 is 69.3. The summed E-state index contributed by atoms with van der Waals surface area (Å²) in [6.07, 6.45) is 2.20. The molecule has 3 nitrogen and oxygen atoms in total. The van der Waals surface area contributed by atoms with Gasteiger partial charge >= 0.3 is 0 Å². The molecule has 0 aliphatic carbocycles. The maximum Gasteiger partial charge on any atom is 0.262 e. The van der Waals surface area contributed by atoms with E-state index in [1.54, 1.807) is 0 Å². The lowest BCUT2D eigenvalue weighted by Gasteiger charge is -2.22. The van der Waals surface area contributed by atoms with Crippen LogP contribution in [-0.2, 0) is 20.3 Å². The number of hydrogen-bond donors (Lipinski definition) is 0. The first-order chi connectivity index (χ1) is 12.2. The fourth-order valence-corrected chi connectivity index (χ4v) is 2.91. The molecule has 0 bridgehead atoms. The van der Waals surface area contributed by atoms with E-state index < -0.39 is 29.7 Å². The van der Waals surface area contributed by atoms with Crippen molar-refractivity contribution >= 4 is 9.76 Å². The van der Waals surface area contributed by atoms with Gasteiger partial charge in [0.2, 0.25) is 9.76 Å². The van der Waals surface area contributed by atoms with Crippen molar-refractivity contribution in [1.29, 1.82) is 0 Å². The van der Waals surface area contributed by atoms with E-state index in [4.69, 9.17) is 13.9 Å². The Morgan fingerprint density at radius 2 is 1.46 bits per heavy atom. The molecule has 0 aliphatic rings. The van der Waals surface area contributed by atoms with Gasteiger partial charge in [-0.1, -0.05) is 12.8 Å². The lowest BCUT2D eigenvalue weighted by molar-refractivity contribution is -0.275. The molecule has 0 aliphatic heterocycles. The summed E-state index contributed by atoms with van der Waals surface area (Å²) in [4.78, 5) is 0. The fraction of sp³-hybridized carbons (Fsp3) is 0.667. The standard InChI is InChI=1S/C18H26F4O3Si/c1-11(2)23-18(24-12(3)4)25-26-9-7-5-6-8-13-10-14(19)16(21)17(22)15(13)20/h10-12,18H,5-9H2,1-4H3. The van der Waals surface area contributed by atoms with Gasteiger partial charge in [-0.15, -0.1) is 0 Å². The average Bonchev–Trinajstić information content (AvgIpc) is 2.55. The van der Waals surface area contributed by atoms with E-state index in [2.05, 4.69) is 0 Å².